The van der Waals surface area contributed by atoms with Gasteiger partial charge in [0.1, 0.15) is 0 Å². The van der Waals surface area contributed by atoms with Crippen LogP contribution in [0.4, 0.5) is 0 Å². The van der Waals surface area contributed by atoms with Crippen LogP contribution in [0.25, 0.3) is 0 Å². The highest BCUT2D eigenvalue weighted by atomic mass is 32.2. The van der Waals surface area contributed by atoms with Gasteiger partial charge < -0.3 is 10.1 Å². The van der Waals surface area contributed by atoms with Crippen LogP contribution in [0.5, 0.6) is 0 Å². The molecule has 0 aromatic carbocycles. The van der Waals surface area contributed by atoms with Gasteiger partial charge in [-0.2, -0.15) is 0 Å². The van der Waals surface area contributed by atoms with Gasteiger partial charge in [-0.05, 0) is 32.2 Å². The average molecular weight is 326 g/mol. The monoisotopic (exact) mass is 326 g/mol. The quantitative estimate of drug-likeness (QED) is 0.780. The van der Waals surface area contributed by atoms with Crippen LogP contribution < -0.4 is 5.32 Å². The van der Waals surface area contributed by atoms with E-state index in [1.807, 2.05) is 0 Å². The first-order valence-electron chi connectivity index (χ1n) is 7.73. The Labute approximate surface area is 130 Å². The van der Waals surface area contributed by atoms with Gasteiger partial charge in [-0.1, -0.05) is 6.08 Å². The third-order valence-corrected chi connectivity index (χ3v) is 5.68. The van der Waals surface area contributed by atoms with Gasteiger partial charge in [0, 0.05) is 6.61 Å². The summed E-state index contributed by atoms with van der Waals surface area (Å²) in [5.41, 5.74) is 0. The summed E-state index contributed by atoms with van der Waals surface area (Å²) < 4.78 is 32.2. The summed E-state index contributed by atoms with van der Waals surface area (Å²) in [7, 11) is -3.50. The number of rotatable bonds is 6. The van der Waals surface area contributed by atoms with Crippen molar-refractivity contribution in [2.24, 2.45) is 0 Å². The fourth-order valence-electron chi connectivity index (χ4n) is 3.09. The summed E-state index contributed by atoms with van der Waals surface area (Å²) in [5, 5.41) is 11.5. The predicted molar refractivity (Wildman–Crippen MR) is 81.2 cm³/mol. The van der Waals surface area contributed by atoms with Crippen LogP contribution in [-0.2, 0) is 21.1 Å². The molecule has 3 rings (SSSR count). The molecule has 2 atom stereocenters. The highest BCUT2D eigenvalue weighted by Gasteiger charge is 2.31. The minimum Gasteiger partial charge on any atom is -0.376 e. The number of nitrogens with zero attached hydrogens (tertiary/aromatic N) is 3. The van der Waals surface area contributed by atoms with Crippen molar-refractivity contribution in [2.75, 3.05) is 18.9 Å². The van der Waals surface area contributed by atoms with Crippen molar-refractivity contribution < 1.29 is 13.2 Å². The Bertz CT molecular complexity index is 629. The van der Waals surface area contributed by atoms with E-state index in [9.17, 15) is 8.42 Å². The normalized spacial score (nSPS) is 25.6. The number of hydrogen-bond acceptors (Lipinski definition) is 6. The van der Waals surface area contributed by atoms with E-state index in [4.69, 9.17) is 4.74 Å². The fourth-order valence-corrected chi connectivity index (χ4v) is 4.21. The molecule has 1 N–H and O–H groups in total. The summed E-state index contributed by atoms with van der Waals surface area (Å²) in [4.78, 5) is 0. The molecule has 2 aliphatic heterocycles. The Kier molecular flexibility index (Phi) is 4.60. The zero-order valence-electron chi connectivity index (χ0n) is 12.6. The zero-order valence-corrected chi connectivity index (χ0v) is 13.4. The van der Waals surface area contributed by atoms with Gasteiger partial charge in [0.05, 0.1) is 24.4 Å². The Morgan fingerprint density at radius 3 is 2.86 bits per heavy atom. The molecule has 1 aromatic rings. The minimum absolute atomic E-state index is 0.0339. The molecule has 2 unspecified atom stereocenters. The van der Waals surface area contributed by atoms with Gasteiger partial charge in [-0.25, -0.2) is 8.42 Å². The van der Waals surface area contributed by atoms with Crippen LogP contribution in [0.2, 0.25) is 0 Å². The molecule has 0 radical (unpaired) electrons. The number of sulfone groups is 1. The molecule has 0 bridgehead atoms. The molecule has 0 aliphatic carbocycles. The van der Waals surface area contributed by atoms with Crippen LogP contribution in [-0.4, -0.2) is 48.2 Å². The van der Waals surface area contributed by atoms with Gasteiger partial charge in [0.15, 0.2) is 5.82 Å². The summed E-state index contributed by atoms with van der Waals surface area (Å²) in [6.07, 6.45) is 5.38. The molecule has 3 heterocycles. The number of ether oxygens (including phenoxy) is 1. The Balaban J connectivity index is 1.96. The summed E-state index contributed by atoms with van der Waals surface area (Å²) in [5.74, 6) is 0.574. The lowest BCUT2D eigenvalue weighted by molar-refractivity contribution is 0.0936. The maximum atomic E-state index is 12.4. The van der Waals surface area contributed by atoms with E-state index in [0.29, 0.717) is 12.4 Å². The molecule has 0 amide bonds. The maximum absolute atomic E-state index is 12.4. The molecule has 2 fully saturated rings. The van der Waals surface area contributed by atoms with Gasteiger partial charge >= 0.3 is 0 Å². The van der Waals surface area contributed by atoms with E-state index in [1.165, 1.54) is 6.08 Å². The van der Waals surface area contributed by atoms with Gasteiger partial charge in [-0.3, -0.25) is 4.57 Å². The van der Waals surface area contributed by atoms with Crippen molar-refractivity contribution >= 4 is 9.84 Å². The summed E-state index contributed by atoms with van der Waals surface area (Å²) >= 11 is 0. The molecule has 1 aromatic heterocycles. The smallest absolute Gasteiger partial charge is 0.250 e. The maximum Gasteiger partial charge on any atom is 0.250 e. The summed E-state index contributed by atoms with van der Waals surface area (Å²) in [6, 6.07) is 0.0709. The van der Waals surface area contributed by atoms with Crippen molar-refractivity contribution in [3.63, 3.8) is 0 Å². The fraction of sp³-hybridized carbons (Fsp3) is 0.714. The van der Waals surface area contributed by atoms with Gasteiger partial charge in [0.2, 0.25) is 15.0 Å². The molecule has 8 heteroatoms. The zero-order chi connectivity index (χ0) is 15.6. The van der Waals surface area contributed by atoms with E-state index in [2.05, 4.69) is 22.1 Å². The highest BCUT2D eigenvalue weighted by molar-refractivity contribution is 7.91. The molecule has 122 valence electrons. The first-order chi connectivity index (χ1) is 10.6. The van der Waals surface area contributed by atoms with E-state index in [0.717, 1.165) is 38.8 Å². The Morgan fingerprint density at radius 2 is 2.23 bits per heavy atom. The molecular formula is C14H22N4O3S. The largest absolute Gasteiger partial charge is 0.376 e. The third kappa shape index (κ3) is 3.09. The Morgan fingerprint density at radius 1 is 1.36 bits per heavy atom. The SMILES string of the molecule is C=CCS(=O)(=O)c1nnc(C2CCCN2)n1CC1CCCO1. The van der Waals surface area contributed by atoms with Gasteiger partial charge in [-0.15, -0.1) is 16.8 Å². The van der Waals surface area contributed by atoms with Crippen LogP contribution in [0, 0.1) is 0 Å². The van der Waals surface area contributed by atoms with Crippen molar-refractivity contribution in [2.45, 2.75) is 49.5 Å². The molecule has 2 aliphatic rings. The van der Waals surface area contributed by atoms with Crippen LogP contribution >= 0.6 is 0 Å². The van der Waals surface area contributed by atoms with Crippen molar-refractivity contribution in [3.05, 3.63) is 18.5 Å². The van der Waals surface area contributed by atoms with Crippen LogP contribution in [0.3, 0.4) is 0 Å². The second-order valence-corrected chi connectivity index (χ2v) is 7.73. The molecule has 0 saturated carbocycles. The predicted octanol–water partition coefficient (Wildman–Crippen LogP) is 0.841. The van der Waals surface area contributed by atoms with Crippen LogP contribution in [0.1, 0.15) is 37.5 Å². The van der Waals surface area contributed by atoms with E-state index < -0.39 is 9.84 Å². The topological polar surface area (TPSA) is 86.1 Å². The van der Waals surface area contributed by atoms with Crippen LogP contribution in [0.15, 0.2) is 17.8 Å². The molecule has 2 saturated heterocycles. The Hall–Kier alpha value is -1.25. The first kappa shape index (κ1) is 15.6. The summed E-state index contributed by atoms with van der Waals surface area (Å²) in [6.45, 7) is 5.66. The molecule has 7 nitrogen and oxygen atoms in total. The number of aromatic nitrogens is 3. The first-order valence-corrected chi connectivity index (χ1v) is 9.39. The number of nitrogens with one attached hydrogen (secondary N) is 1. The molecular weight excluding hydrogens is 304 g/mol. The molecule has 22 heavy (non-hydrogen) atoms. The number of hydrogen-bond donors (Lipinski definition) is 1. The highest BCUT2D eigenvalue weighted by Crippen LogP contribution is 2.26. The van der Waals surface area contributed by atoms with Gasteiger partial charge in [0.25, 0.3) is 0 Å². The van der Waals surface area contributed by atoms with E-state index in [-0.39, 0.29) is 23.1 Å². The van der Waals surface area contributed by atoms with E-state index in [1.54, 1.807) is 4.57 Å². The average Bonchev–Trinajstić information content (AvgIpc) is 3.20. The van der Waals surface area contributed by atoms with Crippen molar-refractivity contribution in [1.29, 1.82) is 0 Å². The lowest BCUT2D eigenvalue weighted by Crippen LogP contribution is -2.25. The lowest BCUT2D eigenvalue weighted by Gasteiger charge is -2.17. The second-order valence-electron chi connectivity index (χ2n) is 5.81. The second kappa shape index (κ2) is 6.47. The standard InChI is InChI=1S/C14H22N4O3S/c1-2-9-22(19,20)14-17-16-13(12-6-3-7-15-12)18(14)10-11-5-4-8-21-11/h2,11-12,15H,1,3-10H2. The van der Waals surface area contributed by atoms with Crippen molar-refractivity contribution in [3.8, 4) is 0 Å². The third-order valence-electron chi connectivity index (χ3n) is 4.14. The lowest BCUT2D eigenvalue weighted by atomic mass is 10.2. The van der Waals surface area contributed by atoms with Crippen molar-refractivity contribution in [1.82, 2.24) is 20.1 Å². The minimum atomic E-state index is -3.50. The molecule has 0 spiro atoms. The van der Waals surface area contributed by atoms with E-state index >= 15 is 0 Å².